The fraction of sp³-hybridized carbons (Fsp3) is 0.650. The third-order valence-corrected chi connectivity index (χ3v) is 6.35. The lowest BCUT2D eigenvalue weighted by molar-refractivity contribution is -0.274. The zero-order valence-electron chi connectivity index (χ0n) is 15.3. The Kier molecular flexibility index (Phi) is 4.22. The summed E-state index contributed by atoms with van der Waals surface area (Å²) < 4.78 is 41.3. The maximum absolute atomic E-state index is 12.5. The minimum Gasteiger partial charge on any atom is -0.406 e. The van der Waals surface area contributed by atoms with Gasteiger partial charge in [-0.15, -0.1) is 13.2 Å². The van der Waals surface area contributed by atoms with E-state index in [9.17, 15) is 23.1 Å². The number of benzene rings is 1. The van der Waals surface area contributed by atoms with E-state index in [0.29, 0.717) is 12.8 Å². The fourth-order valence-electron chi connectivity index (χ4n) is 5.10. The second-order valence-electron chi connectivity index (χ2n) is 8.86. The van der Waals surface area contributed by atoms with Crippen molar-refractivity contribution in [2.75, 3.05) is 13.1 Å². The molecular formula is C20H24F3NO3. The van der Waals surface area contributed by atoms with Crippen molar-refractivity contribution in [3.05, 3.63) is 29.8 Å². The van der Waals surface area contributed by atoms with Crippen LogP contribution in [0.1, 0.15) is 50.5 Å². The highest BCUT2D eigenvalue weighted by Crippen LogP contribution is 2.53. The Hall–Kier alpha value is -1.76. The molecule has 3 fully saturated rings. The molecule has 0 bridgehead atoms. The molecule has 148 valence electrons. The maximum Gasteiger partial charge on any atom is 0.573 e. The van der Waals surface area contributed by atoms with Gasteiger partial charge in [-0.2, -0.15) is 0 Å². The molecule has 27 heavy (non-hydrogen) atoms. The van der Waals surface area contributed by atoms with Crippen molar-refractivity contribution in [3.8, 4) is 5.75 Å². The standard InChI is InChI=1S/C20H24F3NO3/c1-18(26)8-15(9-18)17(25)24-11-19(12-24)6-5-14(10-19)13-3-2-4-16(7-13)27-20(21,22)23/h2-4,7,14-15,26H,5-6,8-12H2,1H3/t14-,15?,18?/m0/s1. The Labute approximate surface area is 156 Å². The highest BCUT2D eigenvalue weighted by atomic mass is 19.4. The number of rotatable bonds is 3. The van der Waals surface area contributed by atoms with Gasteiger partial charge in [0.25, 0.3) is 0 Å². The zero-order chi connectivity index (χ0) is 19.4. The van der Waals surface area contributed by atoms with Crippen LogP contribution in [0.15, 0.2) is 24.3 Å². The molecule has 0 aromatic heterocycles. The number of hydrogen-bond donors (Lipinski definition) is 1. The summed E-state index contributed by atoms with van der Waals surface area (Å²) in [4.78, 5) is 14.3. The van der Waals surface area contributed by atoms with Crippen LogP contribution in [0.25, 0.3) is 0 Å². The van der Waals surface area contributed by atoms with Gasteiger partial charge >= 0.3 is 6.36 Å². The van der Waals surface area contributed by atoms with Crippen LogP contribution in [0.3, 0.4) is 0 Å². The summed E-state index contributed by atoms with van der Waals surface area (Å²) in [5, 5.41) is 9.81. The van der Waals surface area contributed by atoms with Crippen molar-refractivity contribution in [3.63, 3.8) is 0 Å². The van der Waals surface area contributed by atoms with E-state index in [1.165, 1.54) is 12.1 Å². The molecule has 2 saturated carbocycles. The molecule has 0 unspecified atom stereocenters. The van der Waals surface area contributed by atoms with Gasteiger partial charge in [0.05, 0.1) is 5.60 Å². The third kappa shape index (κ3) is 3.79. The van der Waals surface area contributed by atoms with E-state index in [1.54, 1.807) is 13.0 Å². The van der Waals surface area contributed by atoms with Crippen LogP contribution in [0.4, 0.5) is 13.2 Å². The Bertz CT molecular complexity index is 732. The number of hydrogen-bond acceptors (Lipinski definition) is 3. The van der Waals surface area contributed by atoms with Gasteiger partial charge in [-0.1, -0.05) is 12.1 Å². The summed E-state index contributed by atoms with van der Waals surface area (Å²) in [5.41, 5.74) is 0.256. The van der Waals surface area contributed by atoms with Crippen molar-refractivity contribution in [1.82, 2.24) is 4.90 Å². The number of amides is 1. The predicted molar refractivity (Wildman–Crippen MR) is 92.1 cm³/mol. The smallest absolute Gasteiger partial charge is 0.406 e. The number of aliphatic hydroxyl groups is 1. The maximum atomic E-state index is 12.5. The first-order chi connectivity index (χ1) is 12.5. The van der Waals surface area contributed by atoms with Crippen LogP contribution >= 0.6 is 0 Å². The number of alkyl halides is 3. The molecule has 4 nitrogen and oxygen atoms in total. The number of carbonyl (C=O) groups excluding carboxylic acids is 1. The van der Waals surface area contributed by atoms with Crippen molar-refractivity contribution in [1.29, 1.82) is 0 Å². The summed E-state index contributed by atoms with van der Waals surface area (Å²) in [5.74, 6) is 0.0915. The number of likely N-dealkylation sites (tertiary alicyclic amines) is 1. The van der Waals surface area contributed by atoms with Crippen molar-refractivity contribution in [2.24, 2.45) is 11.3 Å². The molecule has 4 rings (SSSR count). The molecule has 1 aromatic carbocycles. The first-order valence-corrected chi connectivity index (χ1v) is 9.41. The molecule has 1 amide bonds. The molecule has 1 spiro atoms. The predicted octanol–water partition coefficient (Wildman–Crippen LogP) is 3.84. The van der Waals surface area contributed by atoms with Crippen LogP contribution in [0, 0.1) is 11.3 Å². The van der Waals surface area contributed by atoms with Gasteiger partial charge in [0, 0.05) is 24.4 Å². The number of nitrogens with zero attached hydrogens (tertiary/aromatic N) is 1. The SMILES string of the molecule is CC1(O)CC(C(=O)N2CC3(CC[C@H](c4cccc(OC(F)(F)F)c4)C3)C2)C1. The largest absolute Gasteiger partial charge is 0.573 e. The second kappa shape index (κ2) is 6.12. The van der Waals surface area contributed by atoms with Crippen molar-refractivity contribution in [2.45, 2.75) is 56.9 Å². The van der Waals surface area contributed by atoms with Gasteiger partial charge in [0.2, 0.25) is 5.91 Å². The lowest BCUT2D eigenvalue weighted by atomic mass is 9.69. The Morgan fingerprint density at radius 2 is 1.96 bits per heavy atom. The van der Waals surface area contributed by atoms with Gasteiger partial charge in [-0.3, -0.25) is 4.79 Å². The third-order valence-electron chi connectivity index (χ3n) is 6.35. The molecular weight excluding hydrogens is 359 g/mol. The Morgan fingerprint density at radius 1 is 1.26 bits per heavy atom. The van der Waals surface area contributed by atoms with Crippen LogP contribution < -0.4 is 4.74 Å². The monoisotopic (exact) mass is 383 g/mol. The molecule has 3 aliphatic rings. The summed E-state index contributed by atoms with van der Waals surface area (Å²) in [6.45, 7) is 3.20. The van der Waals surface area contributed by atoms with Gasteiger partial charge in [-0.05, 0) is 62.6 Å². The highest BCUT2D eigenvalue weighted by molar-refractivity contribution is 5.81. The van der Waals surface area contributed by atoms with E-state index in [0.717, 1.165) is 37.9 Å². The molecule has 0 radical (unpaired) electrons. The zero-order valence-corrected chi connectivity index (χ0v) is 15.3. The number of carbonyl (C=O) groups is 1. The number of ether oxygens (including phenoxy) is 1. The van der Waals surface area contributed by atoms with E-state index in [4.69, 9.17) is 0 Å². The van der Waals surface area contributed by atoms with E-state index in [-0.39, 0.29) is 28.9 Å². The lowest BCUT2D eigenvalue weighted by Gasteiger charge is -2.52. The summed E-state index contributed by atoms with van der Waals surface area (Å²) in [6.07, 6.45) is -0.844. The minimum absolute atomic E-state index is 0.0641. The molecule has 2 aliphatic carbocycles. The number of halogens is 3. The summed E-state index contributed by atoms with van der Waals surface area (Å²) >= 11 is 0. The topological polar surface area (TPSA) is 49.8 Å². The molecule has 1 atom stereocenters. The Morgan fingerprint density at radius 3 is 2.59 bits per heavy atom. The van der Waals surface area contributed by atoms with Crippen molar-refractivity contribution < 1.29 is 27.8 Å². The molecule has 7 heteroatoms. The van der Waals surface area contributed by atoms with E-state index in [2.05, 4.69) is 4.74 Å². The molecule has 1 N–H and O–H groups in total. The second-order valence-corrected chi connectivity index (χ2v) is 8.86. The van der Waals surface area contributed by atoms with Crippen LogP contribution in [0.5, 0.6) is 5.75 Å². The molecule has 1 aromatic rings. The molecule has 1 saturated heterocycles. The highest BCUT2D eigenvalue weighted by Gasteiger charge is 2.53. The van der Waals surface area contributed by atoms with Crippen LogP contribution in [0.2, 0.25) is 0 Å². The van der Waals surface area contributed by atoms with E-state index < -0.39 is 12.0 Å². The van der Waals surface area contributed by atoms with Crippen LogP contribution in [-0.2, 0) is 4.79 Å². The van der Waals surface area contributed by atoms with Gasteiger partial charge < -0.3 is 14.7 Å². The average molecular weight is 383 g/mol. The normalized spacial score (nSPS) is 32.1. The van der Waals surface area contributed by atoms with Gasteiger partial charge in [0.1, 0.15) is 5.75 Å². The summed E-state index contributed by atoms with van der Waals surface area (Å²) in [6, 6.07) is 6.25. The summed E-state index contributed by atoms with van der Waals surface area (Å²) in [7, 11) is 0. The first-order valence-electron chi connectivity index (χ1n) is 9.41. The first kappa shape index (κ1) is 18.6. The Balaban J connectivity index is 1.34. The molecule has 1 aliphatic heterocycles. The van der Waals surface area contributed by atoms with Crippen LogP contribution in [-0.4, -0.2) is 41.0 Å². The molecule has 1 heterocycles. The lowest BCUT2D eigenvalue weighted by Crippen LogP contribution is -2.61. The van der Waals surface area contributed by atoms with Gasteiger partial charge in [-0.25, -0.2) is 0 Å². The fourth-order valence-corrected chi connectivity index (χ4v) is 5.10. The van der Waals surface area contributed by atoms with Crippen molar-refractivity contribution >= 4 is 5.91 Å². The quantitative estimate of drug-likeness (QED) is 0.863. The van der Waals surface area contributed by atoms with Gasteiger partial charge in [0.15, 0.2) is 0 Å². The minimum atomic E-state index is -4.68. The van der Waals surface area contributed by atoms with E-state index in [1.807, 2.05) is 11.0 Å². The van der Waals surface area contributed by atoms with E-state index >= 15 is 0 Å². The average Bonchev–Trinajstić information content (AvgIpc) is 2.94.